The van der Waals surface area contributed by atoms with Crippen LogP contribution in [0.2, 0.25) is 0 Å². The van der Waals surface area contributed by atoms with Gasteiger partial charge in [0.1, 0.15) is 0 Å². The second kappa shape index (κ2) is 5.63. The number of carbonyl (C=O) groups is 1. The van der Waals surface area contributed by atoms with Crippen molar-refractivity contribution in [3.8, 4) is 11.1 Å². The van der Waals surface area contributed by atoms with E-state index in [9.17, 15) is 4.79 Å². The number of benzene rings is 2. The maximum Gasteiger partial charge on any atom is 0.159 e. The lowest BCUT2D eigenvalue weighted by Crippen LogP contribution is -1.92. The average molecular weight is 238 g/mol. The van der Waals surface area contributed by atoms with Gasteiger partial charge in [-0.2, -0.15) is 0 Å². The van der Waals surface area contributed by atoms with Gasteiger partial charge in [0.25, 0.3) is 0 Å². The van der Waals surface area contributed by atoms with Crippen LogP contribution in [0, 0.1) is 0 Å². The van der Waals surface area contributed by atoms with Crippen LogP contribution in [0.4, 0.5) is 0 Å². The molecule has 0 aliphatic rings. The predicted molar refractivity (Wildman–Crippen MR) is 75.9 cm³/mol. The van der Waals surface area contributed by atoms with Crippen LogP contribution in [0.1, 0.15) is 36.2 Å². The molecular formula is C17H18O. The van der Waals surface area contributed by atoms with E-state index in [2.05, 4.69) is 37.3 Å². The molecule has 0 N–H and O–H groups in total. The van der Waals surface area contributed by atoms with Gasteiger partial charge >= 0.3 is 0 Å². The molecule has 0 aliphatic heterocycles. The maximum atomic E-state index is 11.4. The summed E-state index contributed by atoms with van der Waals surface area (Å²) in [6, 6.07) is 16.4. The van der Waals surface area contributed by atoms with Gasteiger partial charge in [-0.25, -0.2) is 0 Å². The van der Waals surface area contributed by atoms with Gasteiger partial charge in [0.05, 0.1) is 0 Å². The van der Waals surface area contributed by atoms with Crippen molar-refractivity contribution in [3.05, 3.63) is 59.7 Å². The van der Waals surface area contributed by atoms with Crippen molar-refractivity contribution in [2.75, 3.05) is 0 Å². The van der Waals surface area contributed by atoms with E-state index in [0.717, 1.165) is 24.0 Å². The highest BCUT2D eigenvalue weighted by Crippen LogP contribution is 2.22. The monoisotopic (exact) mass is 238 g/mol. The molecule has 0 saturated heterocycles. The Morgan fingerprint density at radius 2 is 1.67 bits per heavy atom. The predicted octanol–water partition coefficient (Wildman–Crippen LogP) is 4.51. The summed E-state index contributed by atoms with van der Waals surface area (Å²) in [4.78, 5) is 11.4. The highest BCUT2D eigenvalue weighted by molar-refractivity contribution is 5.95. The van der Waals surface area contributed by atoms with Crippen LogP contribution in [0.25, 0.3) is 11.1 Å². The number of ketones is 1. The van der Waals surface area contributed by atoms with Crippen molar-refractivity contribution in [2.24, 2.45) is 0 Å². The molecule has 1 heteroatoms. The van der Waals surface area contributed by atoms with Crippen LogP contribution in [0.15, 0.2) is 48.5 Å². The molecule has 0 saturated carbocycles. The Hall–Kier alpha value is -1.89. The Balaban J connectivity index is 2.38. The average Bonchev–Trinajstić information content (AvgIpc) is 2.39. The molecule has 0 radical (unpaired) electrons. The standard InChI is InChI=1S/C17H18O/c1-3-6-14-7-4-9-16(11-14)17-10-5-8-15(12-17)13(2)18/h4-5,7-12H,3,6H2,1-2H3. The molecule has 0 atom stereocenters. The van der Waals surface area contributed by atoms with E-state index < -0.39 is 0 Å². The van der Waals surface area contributed by atoms with Gasteiger partial charge in [-0.1, -0.05) is 55.8 Å². The van der Waals surface area contributed by atoms with E-state index >= 15 is 0 Å². The summed E-state index contributed by atoms with van der Waals surface area (Å²) >= 11 is 0. The largest absolute Gasteiger partial charge is 0.295 e. The highest BCUT2D eigenvalue weighted by Gasteiger charge is 2.03. The minimum Gasteiger partial charge on any atom is -0.295 e. The maximum absolute atomic E-state index is 11.4. The van der Waals surface area contributed by atoms with Crippen LogP contribution >= 0.6 is 0 Å². The number of carbonyl (C=O) groups excluding carboxylic acids is 1. The fourth-order valence-electron chi connectivity index (χ4n) is 2.11. The third-order valence-corrected chi connectivity index (χ3v) is 3.07. The normalized spacial score (nSPS) is 10.3. The first-order chi connectivity index (χ1) is 8.70. The number of hydrogen-bond donors (Lipinski definition) is 0. The minimum atomic E-state index is 0.113. The second-order valence-electron chi connectivity index (χ2n) is 4.59. The fraction of sp³-hybridized carbons (Fsp3) is 0.235. The van der Waals surface area contributed by atoms with Gasteiger partial charge in [0, 0.05) is 5.56 Å². The number of aryl methyl sites for hydroxylation is 1. The molecule has 0 amide bonds. The zero-order valence-corrected chi connectivity index (χ0v) is 10.9. The molecule has 0 fully saturated rings. The second-order valence-corrected chi connectivity index (χ2v) is 4.59. The first-order valence-corrected chi connectivity index (χ1v) is 6.41. The van der Waals surface area contributed by atoms with Crippen molar-refractivity contribution < 1.29 is 4.79 Å². The molecular weight excluding hydrogens is 220 g/mol. The smallest absolute Gasteiger partial charge is 0.159 e. The van der Waals surface area contributed by atoms with Crippen LogP contribution in [0.5, 0.6) is 0 Å². The van der Waals surface area contributed by atoms with E-state index in [1.54, 1.807) is 6.92 Å². The van der Waals surface area contributed by atoms with E-state index in [4.69, 9.17) is 0 Å². The molecule has 0 heterocycles. The third-order valence-electron chi connectivity index (χ3n) is 3.07. The summed E-state index contributed by atoms with van der Waals surface area (Å²) in [5.74, 6) is 0.113. The minimum absolute atomic E-state index is 0.113. The van der Waals surface area contributed by atoms with Crippen LogP contribution in [-0.4, -0.2) is 5.78 Å². The van der Waals surface area contributed by atoms with Crippen molar-refractivity contribution in [1.82, 2.24) is 0 Å². The van der Waals surface area contributed by atoms with Crippen LogP contribution in [0.3, 0.4) is 0 Å². The molecule has 18 heavy (non-hydrogen) atoms. The van der Waals surface area contributed by atoms with Gasteiger partial charge in [-0.15, -0.1) is 0 Å². The molecule has 2 aromatic carbocycles. The summed E-state index contributed by atoms with van der Waals surface area (Å²) < 4.78 is 0. The van der Waals surface area contributed by atoms with Gasteiger partial charge in [-0.05, 0) is 36.1 Å². The van der Waals surface area contributed by atoms with Crippen molar-refractivity contribution in [2.45, 2.75) is 26.7 Å². The number of rotatable bonds is 4. The van der Waals surface area contributed by atoms with Gasteiger partial charge < -0.3 is 0 Å². The molecule has 1 nitrogen and oxygen atoms in total. The molecule has 0 aromatic heterocycles. The first-order valence-electron chi connectivity index (χ1n) is 6.41. The van der Waals surface area contributed by atoms with Crippen molar-refractivity contribution >= 4 is 5.78 Å². The van der Waals surface area contributed by atoms with Gasteiger partial charge in [-0.3, -0.25) is 4.79 Å². The Bertz CT molecular complexity index is 555. The SMILES string of the molecule is CCCc1cccc(-c2cccc(C(C)=O)c2)c1. The lowest BCUT2D eigenvalue weighted by atomic mass is 9.99. The fourth-order valence-corrected chi connectivity index (χ4v) is 2.11. The third kappa shape index (κ3) is 2.86. The first kappa shape index (κ1) is 12.6. The Morgan fingerprint density at radius 3 is 2.33 bits per heavy atom. The summed E-state index contributed by atoms with van der Waals surface area (Å²) in [7, 11) is 0. The highest BCUT2D eigenvalue weighted by atomic mass is 16.1. The van der Waals surface area contributed by atoms with Gasteiger partial charge in [0.2, 0.25) is 0 Å². The van der Waals surface area contributed by atoms with E-state index in [0.29, 0.717) is 0 Å². The van der Waals surface area contributed by atoms with Gasteiger partial charge in [0.15, 0.2) is 5.78 Å². The molecule has 0 spiro atoms. The lowest BCUT2D eigenvalue weighted by molar-refractivity contribution is 0.101. The molecule has 92 valence electrons. The number of hydrogen-bond acceptors (Lipinski definition) is 1. The van der Waals surface area contributed by atoms with E-state index in [1.165, 1.54) is 11.1 Å². The molecule has 2 rings (SSSR count). The summed E-state index contributed by atoms with van der Waals surface area (Å²) in [5, 5.41) is 0. The summed E-state index contributed by atoms with van der Waals surface area (Å²) in [5.41, 5.74) is 4.42. The van der Waals surface area contributed by atoms with Crippen molar-refractivity contribution in [3.63, 3.8) is 0 Å². The molecule has 0 aliphatic carbocycles. The molecule has 0 unspecified atom stereocenters. The Morgan fingerprint density at radius 1 is 1.00 bits per heavy atom. The Kier molecular flexibility index (Phi) is 3.93. The zero-order valence-electron chi connectivity index (χ0n) is 10.9. The Labute approximate surface area is 108 Å². The molecule has 0 bridgehead atoms. The van der Waals surface area contributed by atoms with Crippen LogP contribution < -0.4 is 0 Å². The van der Waals surface area contributed by atoms with E-state index in [1.807, 2.05) is 18.2 Å². The zero-order chi connectivity index (χ0) is 13.0. The topological polar surface area (TPSA) is 17.1 Å². The quantitative estimate of drug-likeness (QED) is 0.716. The van der Waals surface area contributed by atoms with E-state index in [-0.39, 0.29) is 5.78 Å². The lowest BCUT2D eigenvalue weighted by Gasteiger charge is -2.06. The summed E-state index contributed by atoms with van der Waals surface area (Å²) in [6.45, 7) is 3.79. The van der Waals surface area contributed by atoms with Crippen molar-refractivity contribution in [1.29, 1.82) is 0 Å². The number of Topliss-reactive ketones (excluding diaryl/α,β-unsaturated/α-hetero) is 1. The molecule has 2 aromatic rings. The van der Waals surface area contributed by atoms with Crippen LogP contribution in [-0.2, 0) is 6.42 Å². The summed E-state index contributed by atoms with van der Waals surface area (Å²) in [6.07, 6.45) is 2.25.